The molecule has 4 rings (SSSR count). The lowest BCUT2D eigenvalue weighted by Crippen LogP contribution is -2.44. The van der Waals surface area contributed by atoms with Gasteiger partial charge in [0.25, 0.3) is 5.91 Å². The zero-order valence-electron chi connectivity index (χ0n) is 21.2. The molecular weight excluding hydrogens is 499 g/mol. The third-order valence-corrected chi connectivity index (χ3v) is 6.98. The summed E-state index contributed by atoms with van der Waals surface area (Å²) in [6.07, 6.45) is 3.48. The molecular formula is C27H30F3N5O3. The molecule has 7 N–H and O–H groups in total. The zero-order chi connectivity index (χ0) is 27.9. The summed E-state index contributed by atoms with van der Waals surface area (Å²) in [6, 6.07) is 3.83. The number of rotatable bonds is 5. The predicted molar refractivity (Wildman–Crippen MR) is 137 cm³/mol. The maximum Gasteiger partial charge on any atom is 0.276 e. The molecule has 4 atom stereocenters. The molecule has 0 unspecified atom stereocenters. The summed E-state index contributed by atoms with van der Waals surface area (Å²) in [5, 5.41) is 23.0. The molecule has 0 spiro atoms. The Morgan fingerprint density at radius 3 is 2.39 bits per heavy atom. The van der Waals surface area contributed by atoms with E-state index in [0.29, 0.717) is 18.5 Å². The van der Waals surface area contributed by atoms with Crippen LogP contribution in [0.2, 0.25) is 0 Å². The lowest BCUT2D eigenvalue weighted by molar-refractivity contribution is 0.0521. The summed E-state index contributed by atoms with van der Waals surface area (Å²) in [7, 11) is 0. The van der Waals surface area contributed by atoms with Gasteiger partial charge in [-0.25, -0.2) is 18.2 Å². The number of anilines is 2. The van der Waals surface area contributed by atoms with E-state index in [2.05, 4.69) is 15.3 Å². The first kappa shape index (κ1) is 27.5. The van der Waals surface area contributed by atoms with Crippen molar-refractivity contribution in [3.63, 3.8) is 0 Å². The minimum atomic E-state index is -1.54. The minimum Gasteiger partial charge on any atom is -0.397 e. The molecule has 1 amide bonds. The second-order valence-electron chi connectivity index (χ2n) is 10.3. The van der Waals surface area contributed by atoms with E-state index < -0.39 is 58.1 Å². The van der Waals surface area contributed by atoms with Crippen molar-refractivity contribution in [1.82, 2.24) is 9.97 Å². The van der Waals surface area contributed by atoms with E-state index in [1.165, 1.54) is 20.0 Å². The first-order valence-electron chi connectivity index (χ1n) is 12.1. The first-order chi connectivity index (χ1) is 17.8. The molecule has 38 heavy (non-hydrogen) atoms. The SMILES string of the molecule is C[C@H]1C[C@@H](c2ccncc2NC(=O)c2nc(-c3c(F)cc(C(C)(C)O)cc3F)c(F)cc2N)C[C@@H](N)[C@@H]1O. The van der Waals surface area contributed by atoms with Crippen LogP contribution in [0.1, 0.15) is 61.1 Å². The molecule has 1 aliphatic carbocycles. The van der Waals surface area contributed by atoms with E-state index in [1.54, 1.807) is 12.3 Å². The number of hydrogen-bond donors (Lipinski definition) is 5. The smallest absolute Gasteiger partial charge is 0.276 e. The van der Waals surface area contributed by atoms with Gasteiger partial charge in [0, 0.05) is 18.3 Å². The molecule has 202 valence electrons. The number of nitrogen functional groups attached to an aromatic ring is 1. The molecule has 3 aromatic rings. The van der Waals surface area contributed by atoms with Crippen molar-refractivity contribution in [2.45, 2.75) is 57.3 Å². The fourth-order valence-corrected chi connectivity index (χ4v) is 4.89. The minimum absolute atomic E-state index is 0.0570. The second-order valence-corrected chi connectivity index (χ2v) is 10.3. The number of carbonyl (C=O) groups is 1. The Morgan fingerprint density at radius 2 is 1.79 bits per heavy atom. The molecule has 1 aromatic carbocycles. The summed E-state index contributed by atoms with van der Waals surface area (Å²) in [4.78, 5) is 21.2. The van der Waals surface area contributed by atoms with E-state index in [1.807, 2.05) is 6.92 Å². The van der Waals surface area contributed by atoms with Crippen LogP contribution < -0.4 is 16.8 Å². The van der Waals surface area contributed by atoms with Crippen molar-refractivity contribution in [3.05, 3.63) is 70.9 Å². The predicted octanol–water partition coefficient (Wildman–Crippen LogP) is 3.82. The van der Waals surface area contributed by atoms with Crippen LogP contribution >= 0.6 is 0 Å². The van der Waals surface area contributed by atoms with Crippen LogP contribution in [0.15, 0.2) is 36.7 Å². The number of nitrogens with one attached hydrogen (secondary N) is 1. The van der Waals surface area contributed by atoms with Crippen molar-refractivity contribution in [2.24, 2.45) is 11.7 Å². The summed E-state index contributed by atoms with van der Waals surface area (Å²) in [6.45, 7) is 4.59. The monoisotopic (exact) mass is 529 g/mol. The zero-order valence-corrected chi connectivity index (χ0v) is 21.2. The molecule has 0 saturated heterocycles. The summed E-state index contributed by atoms with van der Waals surface area (Å²) < 4.78 is 44.6. The average Bonchev–Trinajstić information content (AvgIpc) is 2.82. The highest BCUT2D eigenvalue weighted by molar-refractivity contribution is 6.07. The molecule has 11 heteroatoms. The van der Waals surface area contributed by atoms with Gasteiger partial charge in [0.15, 0.2) is 11.5 Å². The highest BCUT2D eigenvalue weighted by atomic mass is 19.1. The highest BCUT2D eigenvalue weighted by Gasteiger charge is 2.34. The Morgan fingerprint density at radius 1 is 1.13 bits per heavy atom. The summed E-state index contributed by atoms with van der Waals surface area (Å²) in [5.41, 5.74) is 9.15. The van der Waals surface area contributed by atoms with Crippen LogP contribution in [0.3, 0.4) is 0 Å². The van der Waals surface area contributed by atoms with Crippen molar-refractivity contribution in [2.75, 3.05) is 11.1 Å². The normalized spacial score (nSPS) is 21.8. The molecule has 8 nitrogen and oxygen atoms in total. The van der Waals surface area contributed by atoms with Gasteiger partial charge in [0.05, 0.1) is 34.8 Å². The first-order valence-corrected chi connectivity index (χ1v) is 12.1. The number of nitrogens with zero attached hydrogens (tertiary/aromatic N) is 2. The van der Waals surface area contributed by atoms with E-state index >= 15 is 0 Å². The van der Waals surface area contributed by atoms with Crippen molar-refractivity contribution >= 4 is 17.3 Å². The third kappa shape index (κ3) is 5.35. The maximum absolute atomic E-state index is 14.9. The van der Waals surface area contributed by atoms with Gasteiger partial charge >= 0.3 is 0 Å². The van der Waals surface area contributed by atoms with Crippen LogP contribution in [-0.4, -0.2) is 38.2 Å². The number of pyridine rings is 2. The fraction of sp³-hybridized carbons (Fsp3) is 0.370. The topological polar surface area (TPSA) is 147 Å². The number of carbonyl (C=O) groups excluding carboxylic acids is 1. The van der Waals surface area contributed by atoms with Crippen LogP contribution in [-0.2, 0) is 5.60 Å². The maximum atomic E-state index is 14.9. The van der Waals surface area contributed by atoms with Gasteiger partial charge in [0.1, 0.15) is 17.3 Å². The van der Waals surface area contributed by atoms with Crippen LogP contribution in [0.25, 0.3) is 11.3 Å². The van der Waals surface area contributed by atoms with Crippen LogP contribution in [0.4, 0.5) is 24.5 Å². The number of hydrogen-bond acceptors (Lipinski definition) is 7. The number of nitrogens with two attached hydrogens (primary N) is 2. The Labute approximate surface area is 217 Å². The number of amides is 1. The lowest BCUT2D eigenvalue weighted by atomic mass is 9.74. The van der Waals surface area contributed by atoms with Crippen molar-refractivity contribution in [3.8, 4) is 11.3 Å². The Balaban J connectivity index is 1.69. The third-order valence-electron chi connectivity index (χ3n) is 6.98. The summed E-state index contributed by atoms with van der Waals surface area (Å²) in [5.74, 6) is -4.43. The van der Waals surface area contributed by atoms with Gasteiger partial charge < -0.3 is 27.0 Å². The molecule has 1 saturated carbocycles. The van der Waals surface area contributed by atoms with E-state index in [9.17, 15) is 28.2 Å². The number of aromatic nitrogens is 2. The molecule has 2 aromatic heterocycles. The van der Waals surface area contributed by atoms with Gasteiger partial charge in [-0.05, 0) is 67.9 Å². The molecule has 2 heterocycles. The lowest BCUT2D eigenvalue weighted by Gasteiger charge is -2.36. The number of halogens is 3. The molecule has 0 bridgehead atoms. The van der Waals surface area contributed by atoms with Gasteiger partial charge in [-0.15, -0.1) is 0 Å². The Bertz CT molecular complexity index is 1340. The van der Waals surface area contributed by atoms with E-state index in [4.69, 9.17) is 11.5 Å². The van der Waals surface area contributed by atoms with Gasteiger partial charge in [-0.2, -0.15) is 0 Å². The van der Waals surface area contributed by atoms with Crippen LogP contribution in [0, 0.1) is 23.4 Å². The molecule has 1 aliphatic rings. The summed E-state index contributed by atoms with van der Waals surface area (Å²) >= 11 is 0. The number of aliphatic hydroxyl groups is 2. The largest absolute Gasteiger partial charge is 0.397 e. The molecule has 1 fully saturated rings. The standard InChI is InChI=1S/C27H30F3N5O3/c1-12-6-13(7-20(32)25(12)36)15-4-5-33-11-21(15)34-26(37)24-19(31)10-18(30)23(35-24)22-16(28)8-14(9-17(22)29)27(2,3)38/h4-5,8-13,20,25,36,38H,6-7,31-32H2,1-3H3,(H,34,37)/t12-,13+,20+,25+/m0/s1. The number of aliphatic hydroxyl groups excluding tert-OH is 1. The average molecular weight is 530 g/mol. The van der Waals surface area contributed by atoms with Gasteiger partial charge in [-0.1, -0.05) is 6.92 Å². The van der Waals surface area contributed by atoms with E-state index in [0.717, 1.165) is 23.8 Å². The van der Waals surface area contributed by atoms with Gasteiger partial charge in [0.2, 0.25) is 0 Å². The van der Waals surface area contributed by atoms with Crippen molar-refractivity contribution < 1.29 is 28.2 Å². The van der Waals surface area contributed by atoms with E-state index in [-0.39, 0.29) is 23.1 Å². The molecule has 0 aliphatic heterocycles. The fourth-order valence-electron chi connectivity index (χ4n) is 4.89. The molecule has 0 radical (unpaired) electrons. The highest BCUT2D eigenvalue weighted by Crippen LogP contribution is 2.39. The van der Waals surface area contributed by atoms with Crippen molar-refractivity contribution in [1.29, 1.82) is 0 Å². The van der Waals surface area contributed by atoms with Crippen LogP contribution in [0.5, 0.6) is 0 Å². The second kappa shape index (κ2) is 10.3. The van der Waals surface area contributed by atoms with Gasteiger partial charge in [-0.3, -0.25) is 9.78 Å². The quantitative estimate of drug-likeness (QED) is 0.337. The Hall–Kier alpha value is -3.54. The Kier molecular flexibility index (Phi) is 7.46. The number of benzene rings is 1.